The molecule has 0 amide bonds. The van der Waals surface area contributed by atoms with E-state index in [4.69, 9.17) is 9.42 Å². The topological polar surface area (TPSA) is 90.2 Å². The summed E-state index contributed by atoms with van der Waals surface area (Å²) in [4.78, 5) is 9.15. The SMILES string of the molecule is CC1(C)CC(OP(C)(=O)O)CC(C)(O)N1O. The highest BCUT2D eigenvalue weighted by Gasteiger charge is 2.48. The van der Waals surface area contributed by atoms with Crippen LogP contribution in [0.5, 0.6) is 0 Å². The molecule has 1 aliphatic heterocycles. The first kappa shape index (κ1) is 14.1. The minimum atomic E-state index is -3.58. The Morgan fingerprint density at radius 2 is 1.88 bits per heavy atom. The summed E-state index contributed by atoms with van der Waals surface area (Å²) < 4.78 is 16.2. The van der Waals surface area contributed by atoms with Crippen molar-refractivity contribution in [2.24, 2.45) is 0 Å². The lowest BCUT2D eigenvalue weighted by Crippen LogP contribution is -2.61. The standard InChI is InChI=1S/C9H20NO5P/c1-8(2)5-7(15-16(4,13)14)6-9(3,11)10(8)12/h7,11-12H,5-6H2,1-4H3,(H,13,14). The van der Waals surface area contributed by atoms with Crippen molar-refractivity contribution >= 4 is 7.60 Å². The molecular weight excluding hydrogens is 233 g/mol. The summed E-state index contributed by atoms with van der Waals surface area (Å²) in [5, 5.41) is 20.6. The average Bonchev–Trinajstić information content (AvgIpc) is 1.95. The smallest absolute Gasteiger partial charge is 0.325 e. The predicted molar refractivity (Wildman–Crippen MR) is 58.2 cm³/mol. The maximum atomic E-state index is 11.2. The molecule has 96 valence electrons. The molecule has 6 nitrogen and oxygen atoms in total. The second-order valence-electron chi connectivity index (χ2n) is 5.28. The molecule has 0 spiro atoms. The van der Waals surface area contributed by atoms with Crippen LogP contribution in [0.15, 0.2) is 0 Å². The van der Waals surface area contributed by atoms with Crippen molar-refractivity contribution < 1.29 is 24.3 Å². The highest BCUT2D eigenvalue weighted by molar-refractivity contribution is 7.51. The Morgan fingerprint density at radius 1 is 1.38 bits per heavy atom. The minimum absolute atomic E-state index is 0.0886. The van der Waals surface area contributed by atoms with Crippen molar-refractivity contribution in [1.82, 2.24) is 5.06 Å². The van der Waals surface area contributed by atoms with E-state index in [0.29, 0.717) is 6.42 Å². The highest BCUT2D eigenvalue weighted by atomic mass is 31.2. The zero-order valence-corrected chi connectivity index (χ0v) is 10.9. The molecule has 16 heavy (non-hydrogen) atoms. The molecule has 1 fully saturated rings. The molecular formula is C9H20NO5P. The molecule has 1 heterocycles. The van der Waals surface area contributed by atoms with Gasteiger partial charge in [0.05, 0.1) is 6.10 Å². The van der Waals surface area contributed by atoms with E-state index in [1.54, 1.807) is 13.8 Å². The average molecular weight is 253 g/mol. The quantitative estimate of drug-likeness (QED) is 0.640. The molecule has 0 aromatic carbocycles. The van der Waals surface area contributed by atoms with Gasteiger partial charge in [0.2, 0.25) is 0 Å². The molecule has 7 heteroatoms. The molecule has 0 saturated carbocycles. The first-order chi connectivity index (χ1) is 6.94. The van der Waals surface area contributed by atoms with Gasteiger partial charge in [-0.05, 0) is 27.2 Å². The van der Waals surface area contributed by atoms with Crippen LogP contribution >= 0.6 is 7.60 Å². The summed E-state index contributed by atoms with van der Waals surface area (Å²) >= 11 is 0. The Labute approximate surface area is 95.3 Å². The van der Waals surface area contributed by atoms with Crippen LogP contribution in [0.3, 0.4) is 0 Å². The monoisotopic (exact) mass is 253 g/mol. The molecule has 1 saturated heterocycles. The zero-order valence-electron chi connectivity index (χ0n) is 10.0. The van der Waals surface area contributed by atoms with Gasteiger partial charge in [0.1, 0.15) is 5.72 Å². The highest BCUT2D eigenvalue weighted by Crippen LogP contribution is 2.45. The number of nitrogens with zero attached hydrogens (tertiary/aromatic N) is 1. The Morgan fingerprint density at radius 3 is 2.25 bits per heavy atom. The second-order valence-corrected chi connectivity index (χ2v) is 7.10. The molecule has 0 bridgehead atoms. The van der Waals surface area contributed by atoms with Crippen LogP contribution in [0.2, 0.25) is 0 Å². The van der Waals surface area contributed by atoms with E-state index in [1.165, 1.54) is 6.92 Å². The van der Waals surface area contributed by atoms with Crippen LogP contribution in [0.1, 0.15) is 33.6 Å². The lowest BCUT2D eigenvalue weighted by atomic mass is 9.85. The Balaban J connectivity index is 2.83. The van der Waals surface area contributed by atoms with Gasteiger partial charge in [-0.15, -0.1) is 0 Å². The molecule has 0 aliphatic carbocycles. The van der Waals surface area contributed by atoms with Crippen LogP contribution in [-0.2, 0) is 9.09 Å². The molecule has 3 atom stereocenters. The zero-order chi connectivity index (χ0) is 12.8. The number of hydrogen-bond donors (Lipinski definition) is 3. The Kier molecular flexibility index (Phi) is 3.57. The van der Waals surface area contributed by atoms with Crippen molar-refractivity contribution in [2.45, 2.75) is 51.0 Å². The summed E-state index contributed by atoms with van der Waals surface area (Å²) in [6.07, 6.45) is -0.0853. The van der Waals surface area contributed by atoms with E-state index in [1.807, 2.05) is 0 Å². The summed E-state index contributed by atoms with van der Waals surface area (Å²) in [5.41, 5.74) is -2.16. The lowest BCUT2D eigenvalue weighted by molar-refractivity contribution is -0.326. The van der Waals surface area contributed by atoms with Gasteiger partial charge in [0, 0.05) is 18.6 Å². The first-order valence-corrected chi connectivity index (χ1v) is 7.17. The van der Waals surface area contributed by atoms with Gasteiger partial charge < -0.3 is 19.7 Å². The molecule has 1 aliphatic rings. The Hall–Kier alpha value is 0.0300. The van der Waals surface area contributed by atoms with Gasteiger partial charge in [0.25, 0.3) is 0 Å². The normalized spacial score (nSPS) is 39.3. The number of hydrogen-bond acceptors (Lipinski definition) is 5. The van der Waals surface area contributed by atoms with E-state index < -0.39 is 25.0 Å². The van der Waals surface area contributed by atoms with E-state index in [9.17, 15) is 14.9 Å². The number of rotatable bonds is 2. The Bertz CT molecular complexity index is 293. The van der Waals surface area contributed by atoms with Crippen LogP contribution in [0.25, 0.3) is 0 Å². The summed E-state index contributed by atoms with van der Waals surface area (Å²) in [6.45, 7) is 6.02. The van der Waals surface area contributed by atoms with E-state index in [0.717, 1.165) is 11.7 Å². The first-order valence-electron chi connectivity index (χ1n) is 5.14. The predicted octanol–water partition coefficient (Wildman–Crippen LogP) is 1.16. The van der Waals surface area contributed by atoms with Crippen molar-refractivity contribution in [1.29, 1.82) is 0 Å². The summed E-state index contributed by atoms with van der Waals surface area (Å²) in [6, 6.07) is 0. The minimum Gasteiger partial charge on any atom is -0.374 e. The molecule has 0 aromatic heterocycles. The third kappa shape index (κ3) is 3.26. The fraction of sp³-hybridized carbons (Fsp3) is 1.00. The van der Waals surface area contributed by atoms with Crippen molar-refractivity contribution in [3.8, 4) is 0 Å². The number of piperidine rings is 1. The lowest BCUT2D eigenvalue weighted by Gasteiger charge is -2.49. The largest absolute Gasteiger partial charge is 0.374 e. The van der Waals surface area contributed by atoms with Crippen molar-refractivity contribution in [3.63, 3.8) is 0 Å². The van der Waals surface area contributed by atoms with Gasteiger partial charge in [0.15, 0.2) is 0 Å². The van der Waals surface area contributed by atoms with E-state index in [2.05, 4.69) is 0 Å². The number of hydroxylamine groups is 2. The maximum absolute atomic E-state index is 11.2. The van der Waals surface area contributed by atoms with E-state index >= 15 is 0 Å². The molecule has 0 radical (unpaired) electrons. The van der Waals surface area contributed by atoms with Gasteiger partial charge in [-0.1, -0.05) is 0 Å². The van der Waals surface area contributed by atoms with Crippen molar-refractivity contribution in [2.75, 3.05) is 6.66 Å². The fourth-order valence-corrected chi connectivity index (χ4v) is 2.94. The molecule has 1 rings (SSSR count). The molecule has 3 N–H and O–H groups in total. The van der Waals surface area contributed by atoms with Crippen LogP contribution in [-0.4, -0.2) is 44.3 Å². The van der Waals surface area contributed by atoms with Gasteiger partial charge >= 0.3 is 7.60 Å². The molecule has 0 aromatic rings. The molecule has 3 unspecified atom stereocenters. The fourth-order valence-electron chi connectivity index (χ4n) is 2.24. The van der Waals surface area contributed by atoms with Gasteiger partial charge in [-0.25, -0.2) is 0 Å². The van der Waals surface area contributed by atoms with Crippen LogP contribution in [0, 0.1) is 0 Å². The van der Waals surface area contributed by atoms with Crippen LogP contribution in [0.4, 0.5) is 0 Å². The third-order valence-electron chi connectivity index (χ3n) is 2.72. The van der Waals surface area contributed by atoms with E-state index in [-0.39, 0.29) is 6.42 Å². The second kappa shape index (κ2) is 4.05. The summed E-state index contributed by atoms with van der Waals surface area (Å²) in [7, 11) is -3.58. The van der Waals surface area contributed by atoms with Gasteiger partial charge in [-0.3, -0.25) is 4.57 Å². The maximum Gasteiger partial charge on any atom is 0.325 e. The summed E-state index contributed by atoms with van der Waals surface area (Å²) in [5.74, 6) is 0. The third-order valence-corrected chi connectivity index (χ3v) is 3.41. The van der Waals surface area contributed by atoms with Crippen molar-refractivity contribution in [3.05, 3.63) is 0 Å². The van der Waals surface area contributed by atoms with Crippen LogP contribution < -0.4 is 0 Å². The van der Waals surface area contributed by atoms with Gasteiger partial charge in [-0.2, -0.15) is 5.06 Å². The number of aliphatic hydroxyl groups is 1.